The van der Waals surface area contributed by atoms with Crippen molar-refractivity contribution in [3.8, 4) is 11.4 Å². The molecule has 0 aliphatic heterocycles. The summed E-state index contributed by atoms with van der Waals surface area (Å²) >= 11 is 6.23. The fraction of sp³-hybridized carbons (Fsp3) is 0.250. The third-order valence-electron chi connectivity index (χ3n) is 5.73. The molecule has 8 heteroatoms. The van der Waals surface area contributed by atoms with Gasteiger partial charge in [0, 0.05) is 34.4 Å². The van der Waals surface area contributed by atoms with Crippen LogP contribution in [0.1, 0.15) is 41.9 Å². The molecule has 0 atom stereocenters. The molecule has 0 spiro atoms. The van der Waals surface area contributed by atoms with E-state index in [1.807, 2.05) is 36.4 Å². The van der Waals surface area contributed by atoms with Crippen molar-refractivity contribution in [3.63, 3.8) is 0 Å². The van der Waals surface area contributed by atoms with Crippen LogP contribution in [-0.2, 0) is 6.54 Å². The summed E-state index contributed by atoms with van der Waals surface area (Å²) in [6.07, 6.45) is 8.10. The molecule has 2 heterocycles. The Labute approximate surface area is 190 Å². The van der Waals surface area contributed by atoms with Gasteiger partial charge in [-0.2, -0.15) is 0 Å². The lowest BCUT2D eigenvalue weighted by atomic mass is 10.1. The summed E-state index contributed by atoms with van der Waals surface area (Å²) in [6, 6.07) is 13.4. The second-order valence-electron chi connectivity index (χ2n) is 7.94. The summed E-state index contributed by atoms with van der Waals surface area (Å²) in [5, 5.41) is 8.05. The molecule has 0 saturated heterocycles. The summed E-state index contributed by atoms with van der Waals surface area (Å²) in [7, 11) is 0. The SMILES string of the molecule is O=C(NCc1nc(NC2CCCC2)c2cc(Cl)ccc2n1)c1ccccc1-c1ncc[nH]1. The van der Waals surface area contributed by atoms with Crippen molar-refractivity contribution >= 4 is 34.2 Å². The van der Waals surface area contributed by atoms with Crippen LogP contribution in [-0.4, -0.2) is 31.9 Å². The predicted molar refractivity (Wildman–Crippen MR) is 126 cm³/mol. The smallest absolute Gasteiger partial charge is 0.252 e. The Bertz CT molecular complexity index is 1250. The number of halogens is 1. The molecule has 7 nitrogen and oxygen atoms in total. The number of imidazole rings is 1. The Morgan fingerprint density at radius 2 is 1.97 bits per heavy atom. The van der Waals surface area contributed by atoms with Gasteiger partial charge in [0.2, 0.25) is 0 Å². The van der Waals surface area contributed by atoms with Crippen LogP contribution in [0.5, 0.6) is 0 Å². The third-order valence-corrected chi connectivity index (χ3v) is 5.97. The lowest BCUT2D eigenvalue weighted by Crippen LogP contribution is -2.25. The van der Waals surface area contributed by atoms with Crippen LogP contribution in [0.15, 0.2) is 54.9 Å². The second kappa shape index (κ2) is 8.96. The Hall–Kier alpha value is -3.45. The molecule has 32 heavy (non-hydrogen) atoms. The molecule has 162 valence electrons. The van der Waals surface area contributed by atoms with Gasteiger partial charge in [-0.25, -0.2) is 15.0 Å². The zero-order valence-corrected chi connectivity index (χ0v) is 18.2. The first-order valence-electron chi connectivity index (χ1n) is 10.8. The first-order valence-corrected chi connectivity index (χ1v) is 11.1. The van der Waals surface area contributed by atoms with Gasteiger partial charge < -0.3 is 15.6 Å². The van der Waals surface area contributed by atoms with E-state index in [9.17, 15) is 4.79 Å². The van der Waals surface area contributed by atoms with E-state index >= 15 is 0 Å². The Kier molecular flexibility index (Phi) is 5.73. The van der Waals surface area contributed by atoms with E-state index in [0.717, 1.165) is 35.1 Å². The molecule has 1 amide bonds. The van der Waals surface area contributed by atoms with Gasteiger partial charge in [0.15, 0.2) is 5.82 Å². The van der Waals surface area contributed by atoms with Gasteiger partial charge in [-0.15, -0.1) is 0 Å². The molecule has 1 saturated carbocycles. The number of aromatic nitrogens is 4. The van der Waals surface area contributed by atoms with Gasteiger partial charge in [-0.3, -0.25) is 4.79 Å². The minimum absolute atomic E-state index is 0.206. The number of amides is 1. The molecule has 4 aromatic rings. The Balaban J connectivity index is 1.40. The number of benzene rings is 2. The Morgan fingerprint density at radius 1 is 1.12 bits per heavy atom. The van der Waals surface area contributed by atoms with Gasteiger partial charge in [-0.05, 0) is 37.1 Å². The minimum atomic E-state index is -0.206. The molecule has 1 aliphatic carbocycles. The van der Waals surface area contributed by atoms with Gasteiger partial charge in [0.1, 0.15) is 11.6 Å². The molecule has 1 aliphatic rings. The highest BCUT2D eigenvalue weighted by molar-refractivity contribution is 6.31. The fourth-order valence-electron chi connectivity index (χ4n) is 4.16. The number of hydrogen-bond acceptors (Lipinski definition) is 5. The number of nitrogens with one attached hydrogen (secondary N) is 3. The molecule has 2 aromatic carbocycles. The molecular weight excluding hydrogens is 424 g/mol. The molecule has 0 radical (unpaired) electrons. The molecule has 5 rings (SSSR count). The van der Waals surface area contributed by atoms with Gasteiger partial charge in [-0.1, -0.05) is 42.6 Å². The van der Waals surface area contributed by atoms with Crippen molar-refractivity contribution in [1.29, 1.82) is 0 Å². The van der Waals surface area contributed by atoms with Gasteiger partial charge in [0.25, 0.3) is 5.91 Å². The van der Waals surface area contributed by atoms with Crippen molar-refractivity contribution in [2.45, 2.75) is 38.3 Å². The van der Waals surface area contributed by atoms with Crippen molar-refractivity contribution in [2.24, 2.45) is 0 Å². The first-order chi connectivity index (χ1) is 15.7. The predicted octanol–water partition coefficient (Wildman–Crippen LogP) is 4.96. The highest BCUT2D eigenvalue weighted by Gasteiger charge is 2.18. The first kappa shape index (κ1) is 20.5. The molecule has 2 aromatic heterocycles. The lowest BCUT2D eigenvalue weighted by molar-refractivity contribution is 0.0950. The summed E-state index contributed by atoms with van der Waals surface area (Å²) in [6.45, 7) is 0.212. The zero-order valence-electron chi connectivity index (χ0n) is 17.4. The minimum Gasteiger partial charge on any atom is -0.367 e. The van der Waals surface area contributed by atoms with Crippen LogP contribution < -0.4 is 10.6 Å². The number of H-pyrrole nitrogens is 1. The maximum Gasteiger partial charge on any atom is 0.252 e. The van der Waals surface area contributed by atoms with E-state index in [4.69, 9.17) is 16.6 Å². The van der Waals surface area contributed by atoms with Gasteiger partial charge in [0.05, 0.1) is 17.6 Å². The van der Waals surface area contributed by atoms with E-state index in [1.165, 1.54) is 12.8 Å². The van der Waals surface area contributed by atoms with Crippen LogP contribution in [0, 0.1) is 0 Å². The Morgan fingerprint density at radius 3 is 2.78 bits per heavy atom. The summed E-state index contributed by atoms with van der Waals surface area (Å²) in [4.78, 5) is 29.7. The maximum atomic E-state index is 13.0. The zero-order chi connectivity index (χ0) is 21.9. The fourth-order valence-corrected chi connectivity index (χ4v) is 4.33. The van der Waals surface area contributed by atoms with Gasteiger partial charge >= 0.3 is 0 Å². The topological polar surface area (TPSA) is 95.6 Å². The van der Waals surface area contributed by atoms with E-state index in [-0.39, 0.29) is 12.5 Å². The monoisotopic (exact) mass is 446 g/mol. The summed E-state index contributed by atoms with van der Waals surface area (Å²) < 4.78 is 0. The number of carbonyl (C=O) groups excluding carboxylic acids is 1. The van der Waals surface area contributed by atoms with Crippen LogP contribution in [0.4, 0.5) is 5.82 Å². The molecule has 1 fully saturated rings. The van der Waals surface area contributed by atoms with E-state index in [2.05, 4.69) is 25.6 Å². The molecule has 0 unspecified atom stereocenters. The number of carbonyl (C=O) groups is 1. The summed E-state index contributed by atoms with van der Waals surface area (Å²) in [5.74, 6) is 1.76. The highest BCUT2D eigenvalue weighted by Crippen LogP contribution is 2.28. The molecule has 0 bridgehead atoms. The van der Waals surface area contributed by atoms with Crippen LogP contribution >= 0.6 is 11.6 Å². The van der Waals surface area contributed by atoms with Crippen LogP contribution in [0.2, 0.25) is 5.02 Å². The van der Waals surface area contributed by atoms with E-state index in [0.29, 0.717) is 28.3 Å². The molecular formula is C24H23ClN6O. The highest BCUT2D eigenvalue weighted by atomic mass is 35.5. The lowest BCUT2D eigenvalue weighted by Gasteiger charge is -2.16. The van der Waals surface area contributed by atoms with Crippen molar-refractivity contribution < 1.29 is 4.79 Å². The van der Waals surface area contributed by atoms with E-state index < -0.39 is 0 Å². The van der Waals surface area contributed by atoms with Crippen LogP contribution in [0.25, 0.3) is 22.3 Å². The van der Waals surface area contributed by atoms with E-state index in [1.54, 1.807) is 18.5 Å². The average Bonchev–Trinajstić information content (AvgIpc) is 3.52. The second-order valence-corrected chi connectivity index (χ2v) is 8.38. The number of nitrogens with zero attached hydrogens (tertiary/aromatic N) is 3. The largest absolute Gasteiger partial charge is 0.367 e. The standard InChI is InChI=1S/C24H23ClN6O/c25-15-9-10-20-19(13-15)23(29-16-5-1-2-6-16)31-21(30-20)14-28-24(32)18-8-4-3-7-17(18)22-26-11-12-27-22/h3-4,7-13,16H,1-2,5-6,14H2,(H,26,27)(H,28,32)(H,29,30,31). The average molecular weight is 447 g/mol. The number of hydrogen-bond donors (Lipinski definition) is 3. The third kappa shape index (κ3) is 4.29. The quantitative estimate of drug-likeness (QED) is 0.389. The van der Waals surface area contributed by atoms with Crippen LogP contribution in [0.3, 0.4) is 0 Å². The number of aromatic amines is 1. The number of fused-ring (bicyclic) bond motifs is 1. The van der Waals surface area contributed by atoms with Crippen molar-refractivity contribution in [3.05, 3.63) is 71.3 Å². The number of anilines is 1. The maximum absolute atomic E-state index is 13.0. The normalized spacial score (nSPS) is 14.0. The van der Waals surface area contributed by atoms with Crippen molar-refractivity contribution in [2.75, 3.05) is 5.32 Å². The number of rotatable bonds is 6. The van der Waals surface area contributed by atoms with Crippen molar-refractivity contribution in [1.82, 2.24) is 25.3 Å². The molecule has 3 N–H and O–H groups in total. The summed E-state index contributed by atoms with van der Waals surface area (Å²) in [5.41, 5.74) is 2.08.